The molecule has 1 aromatic heterocycles. The van der Waals surface area contributed by atoms with E-state index in [4.69, 9.17) is 19.6 Å². The summed E-state index contributed by atoms with van der Waals surface area (Å²) in [5.74, 6) is -3.67. The second kappa shape index (κ2) is 7.48. The molecule has 1 aliphatic heterocycles. The molecule has 2 atom stereocenters. The highest BCUT2D eigenvalue weighted by Gasteiger charge is 2.42. The van der Waals surface area contributed by atoms with E-state index in [1.165, 1.54) is 26.4 Å². The van der Waals surface area contributed by atoms with Gasteiger partial charge >= 0.3 is 0 Å². The van der Waals surface area contributed by atoms with Gasteiger partial charge < -0.3 is 14.2 Å². The van der Waals surface area contributed by atoms with E-state index in [2.05, 4.69) is 10.2 Å². The van der Waals surface area contributed by atoms with Crippen molar-refractivity contribution in [3.05, 3.63) is 59.2 Å². The number of methoxy groups -OCH3 is 2. The van der Waals surface area contributed by atoms with Gasteiger partial charge in [-0.2, -0.15) is 5.26 Å². The monoisotopic (exact) mass is 410 g/mol. The predicted molar refractivity (Wildman–Crippen MR) is 103 cm³/mol. The van der Waals surface area contributed by atoms with Crippen LogP contribution in [-0.2, 0) is 0 Å². The largest absolute Gasteiger partial charge is 0.493 e. The van der Waals surface area contributed by atoms with Crippen molar-refractivity contribution in [2.75, 3.05) is 14.2 Å². The second-order valence-electron chi connectivity index (χ2n) is 6.58. The zero-order valence-electron chi connectivity index (χ0n) is 16.0. The first-order valence-corrected chi connectivity index (χ1v) is 8.90. The Morgan fingerprint density at radius 2 is 1.93 bits per heavy atom. The molecule has 0 aliphatic carbocycles. The molecule has 7 nitrogen and oxygen atoms in total. The van der Waals surface area contributed by atoms with Crippen LogP contribution >= 0.6 is 0 Å². The molecule has 30 heavy (non-hydrogen) atoms. The molecule has 4 rings (SSSR count). The van der Waals surface area contributed by atoms with Crippen molar-refractivity contribution in [2.24, 2.45) is 5.92 Å². The van der Waals surface area contributed by atoms with Gasteiger partial charge in [-0.1, -0.05) is 12.1 Å². The summed E-state index contributed by atoms with van der Waals surface area (Å²) in [6.07, 6.45) is 0. The first-order valence-electron chi connectivity index (χ1n) is 8.90. The number of halogens is 2. The molecule has 0 saturated carbocycles. The third-order valence-corrected chi connectivity index (χ3v) is 5.03. The number of nitrogens with one attached hydrogen (secondary N) is 2. The molecule has 0 fully saturated rings. The molecular formula is C21H16F2N4O3. The summed E-state index contributed by atoms with van der Waals surface area (Å²) >= 11 is 0. The Balaban J connectivity index is 1.95. The SMILES string of the molecule is COc1ccc(-c2[nH]nc3c2C(c2cccc(F)c2F)C(C#N)C(=N)O3)cc1OC. The lowest BCUT2D eigenvalue weighted by atomic mass is 9.78. The van der Waals surface area contributed by atoms with Crippen molar-refractivity contribution in [2.45, 2.75) is 5.92 Å². The van der Waals surface area contributed by atoms with E-state index in [1.54, 1.807) is 18.2 Å². The number of nitrogens with zero attached hydrogens (tertiary/aromatic N) is 2. The third-order valence-electron chi connectivity index (χ3n) is 5.03. The predicted octanol–water partition coefficient (Wildman–Crippen LogP) is 4.01. The van der Waals surface area contributed by atoms with E-state index in [0.717, 1.165) is 6.07 Å². The first kappa shape index (κ1) is 19.4. The van der Waals surface area contributed by atoms with Crippen LogP contribution in [0.4, 0.5) is 8.78 Å². The number of H-pyrrole nitrogens is 1. The molecule has 0 radical (unpaired) electrons. The van der Waals surface area contributed by atoms with Crippen LogP contribution in [0.3, 0.4) is 0 Å². The van der Waals surface area contributed by atoms with Gasteiger partial charge in [-0.25, -0.2) is 8.78 Å². The van der Waals surface area contributed by atoms with E-state index < -0.39 is 23.5 Å². The van der Waals surface area contributed by atoms with E-state index in [9.17, 15) is 14.0 Å². The van der Waals surface area contributed by atoms with Crippen LogP contribution < -0.4 is 14.2 Å². The lowest BCUT2D eigenvalue weighted by molar-refractivity contribution is 0.355. The second-order valence-corrected chi connectivity index (χ2v) is 6.58. The molecule has 9 heteroatoms. The maximum Gasteiger partial charge on any atom is 0.244 e. The van der Waals surface area contributed by atoms with Gasteiger partial charge in [-0.05, 0) is 24.3 Å². The zero-order valence-corrected chi connectivity index (χ0v) is 16.0. The summed E-state index contributed by atoms with van der Waals surface area (Å²) in [7, 11) is 3.00. The van der Waals surface area contributed by atoms with Crippen LogP contribution in [0, 0.1) is 34.3 Å². The van der Waals surface area contributed by atoms with Gasteiger partial charge in [-0.3, -0.25) is 10.5 Å². The molecule has 0 amide bonds. The standard InChI is InChI=1S/C21H16F2N4O3/c1-28-14-7-6-10(8-15(14)29-2)19-17-16(11-4-3-5-13(22)18(11)23)12(9-24)20(25)30-21(17)27-26-19/h3-8,12,16,25H,1-2H3,(H,26,27). The van der Waals surface area contributed by atoms with E-state index in [1.807, 2.05) is 6.07 Å². The number of aromatic nitrogens is 2. The zero-order chi connectivity index (χ0) is 21.4. The summed E-state index contributed by atoms with van der Waals surface area (Å²) in [6.45, 7) is 0. The minimum atomic E-state index is -1.16. The Kier molecular flexibility index (Phi) is 4.83. The molecule has 152 valence electrons. The average molecular weight is 410 g/mol. The summed E-state index contributed by atoms with van der Waals surface area (Å²) in [5.41, 5.74) is 1.34. The molecule has 0 bridgehead atoms. The fourth-order valence-electron chi connectivity index (χ4n) is 3.63. The molecular weight excluding hydrogens is 394 g/mol. The first-order chi connectivity index (χ1) is 14.5. The van der Waals surface area contributed by atoms with Crippen molar-refractivity contribution in [1.82, 2.24) is 10.2 Å². The molecule has 0 spiro atoms. The Bertz CT molecular complexity index is 1190. The highest BCUT2D eigenvalue weighted by atomic mass is 19.2. The van der Waals surface area contributed by atoms with Crippen LogP contribution in [-0.4, -0.2) is 30.3 Å². The summed E-state index contributed by atoms with van der Waals surface area (Å²) < 4.78 is 44.7. The van der Waals surface area contributed by atoms with Gasteiger partial charge in [0.25, 0.3) is 0 Å². The van der Waals surface area contributed by atoms with Gasteiger partial charge in [0, 0.05) is 17.0 Å². The molecule has 0 saturated heterocycles. The number of hydrogen-bond acceptors (Lipinski definition) is 6. The lowest BCUT2D eigenvalue weighted by Gasteiger charge is -2.28. The van der Waals surface area contributed by atoms with Crippen molar-refractivity contribution < 1.29 is 23.0 Å². The fraction of sp³-hybridized carbons (Fsp3) is 0.190. The van der Waals surface area contributed by atoms with E-state index in [-0.39, 0.29) is 17.3 Å². The smallest absolute Gasteiger partial charge is 0.244 e. The van der Waals surface area contributed by atoms with Gasteiger partial charge in [0.15, 0.2) is 23.1 Å². The normalized spacial score (nSPS) is 17.6. The van der Waals surface area contributed by atoms with Gasteiger partial charge in [0.1, 0.15) is 5.92 Å². The molecule has 3 aromatic rings. The minimum Gasteiger partial charge on any atom is -0.493 e. The van der Waals surface area contributed by atoms with Crippen LogP contribution in [0.5, 0.6) is 17.4 Å². The quantitative estimate of drug-likeness (QED) is 0.676. The maximum atomic E-state index is 14.7. The minimum absolute atomic E-state index is 0.0324. The van der Waals surface area contributed by atoms with Crippen molar-refractivity contribution in [3.63, 3.8) is 0 Å². The summed E-state index contributed by atoms with van der Waals surface area (Å²) in [6, 6.07) is 10.8. The number of aromatic amines is 1. The number of nitriles is 1. The number of ether oxygens (including phenoxy) is 3. The molecule has 2 heterocycles. The van der Waals surface area contributed by atoms with Gasteiger partial charge in [-0.15, -0.1) is 5.10 Å². The maximum absolute atomic E-state index is 14.7. The van der Waals surface area contributed by atoms with Gasteiger partial charge in [0.2, 0.25) is 11.8 Å². The summed E-state index contributed by atoms with van der Waals surface area (Å²) in [5, 5.41) is 24.7. The van der Waals surface area contributed by atoms with E-state index >= 15 is 0 Å². The van der Waals surface area contributed by atoms with Crippen LogP contribution in [0.2, 0.25) is 0 Å². The topological polar surface area (TPSA) is 104 Å². The Morgan fingerprint density at radius 3 is 2.63 bits per heavy atom. The number of rotatable bonds is 4. The number of hydrogen-bond donors (Lipinski definition) is 2. The fourth-order valence-corrected chi connectivity index (χ4v) is 3.63. The molecule has 1 aliphatic rings. The Morgan fingerprint density at radius 1 is 1.17 bits per heavy atom. The lowest BCUT2D eigenvalue weighted by Crippen LogP contribution is -2.31. The highest BCUT2D eigenvalue weighted by molar-refractivity contribution is 5.86. The molecule has 2 N–H and O–H groups in total. The summed E-state index contributed by atoms with van der Waals surface area (Å²) in [4.78, 5) is 0. The number of fused-ring (bicyclic) bond motifs is 1. The average Bonchev–Trinajstić information content (AvgIpc) is 3.17. The molecule has 2 unspecified atom stereocenters. The van der Waals surface area contributed by atoms with Crippen molar-refractivity contribution in [1.29, 1.82) is 10.7 Å². The van der Waals surface area contributed by atoms with Crippen LogP contribution in [0.1, 0.15) is 17.0 Å². The Hall–Kier alpha value is -3.93. The molecule has 2 aromatic carbocycles. The van der Waals surface area contributed by atoms with Crippen LogP contribution in [0.25, 0.3) is 11.3 Å². The third kappa shape index (κ3) is 2.93. The highest BCUT2D eigenvalue weighted by Crippen LogP contribution is 2.47. The van der Waals surface area contributed by atoms with Gasteiger partial charge in [0.05, 0.1) is 31.5 Å². The van der Waals surface area contributed by atoms with Crippen LogP contribution in [0.15, 0.2) is 36.4 Å². The van der Waals surface area contributed by atoms with E-state index in [0.29, 0.717) is 28.3 Å². The Labute approximate surface area is 170 Å². The number of benzene rings is 2. The van der Waals surface area contributed by atoms with Crippen molar-refractivity contribution >= 4 is 5.90 Å². The van der Waals surface area contributed by atoms with Crippen molar-refractivity contribution in [3.8, 4) is 34.7 Å².